The molecule has 0 fully saturated rings. The lowest BCUT2D eigenvalue weighted by molar-refractivity contribution is 0.413. The summed E-state index contributed by atoms with van der Waals surface area (Å²) in [5.74, 6) is 1.67. The largest absolute Gasteiger partial charge is 0.496 e. The van der Waals surface area contributed by atoms with Crippen molar-refractivity contribution in [2.24, 2.45) is 7.05 Å². The summed E-state index contributed by atoms with van der Waals surface area (Å²) in [6.07, 6.45) is 7.39. The van der Waals surface area contributed by atoms with Gasteiger partial charge in [0.15, 0.2) is 0 Å². The van der Waals surface area contributed by atoms with Gasteiger partial charge in [0.2, 0.25) is 0 Å². The molecule has 5 aromatic rings. The molecule has 7 heteroatoms. The summed E-state index contributed by atoms with van der Waals surface area (Å²) in [6.45, 7) is 0. The highest BCUT2D eigenvalue weighted by atomic mass is 79.9. The first-order valence-corrected chi connectivity index (χ1v) is 10.4. The van der Waals surface area contributed by atoms with Gasteiger partial charge in [-0.2, -0.15) is 5.10 Å². The van der Waals surface area contributed by atoms with E-state index in [1.807, 2.05) is 68.0 Å². The number of aromatic nitrogens is 4. The smallest absolute Gasteiger partial charge is 0.133 e. The minimum Gasteiger partial charge on any atom is -0.496 e. The van der Waals surface area contributed by atoms with Gasteiger partial charge >= 0.3 is 0 Å². The number of benzene rings is 2. The highest BCUT2D eigenvalue weighted by Gasteiger charge is 2.12. The number of hydrogen-bond acceptors (Lipinski definition) is 5. The zero-order valence-electron chi connectivity index (χ0n) is 17.4. The van der Waals surface area contributed by atoms with Crippen LogP contribution in [-0.4, -0.2) is 34.0 Å². The molecule has 0 unspecified atom stereocenters. The lowest BCUT2D eigenvalue weighted by Crippen LogP contribution is -1.90. The predicted octanol–water partition coefficient (Wildman–Crippen LogP) is 5.65. The van der Waals surface area contributed by atoms with Crippen molar-refractivity contribution >= 4 is 37.7 Å². The third kappa shape index (κ3) is 4.22. The maximum absolute atomic E-state index is 5.45. The fourth-order valence-corrected chi connectivity index (χ4v) is 4.03. The van der Waals surface area contributed by atoms with Gasteiger partial charge < -0.3 is 9.47 Å². The molecule has 0 saturated carbocycles. The Morgan fingerprint density at radius 3 is 2.03 bits per heavy atom. The predicted molar refractivity (Wildman–Crippen MR) is 126 cm³/mol. The highest BCUT2D eigenvalue weighted by Crippen LogP contribution is 2.36. The molecule has 0 spiro atoms. The number of ether oxygens (including phenoxy) is 2. The van der Waals surface area contributed by atoms with Crippen LogP contribution in [0.5, 0.6) is 11.5 Å². The van der Waals surface area contributed by atoms with Crippen molar-refractivity contribution in [2.45, 2.75) is 0 Å². The van der Waals surface area contributed by atoms with Crippen molar-refractivity contribution in [3.8, 4) is 22.6 Å². The monoisotopic (exact) mass is 476 g/mol. The Hall–Kier alpha value is -3.45. The van der Waals surface area contributed by atoms with E-state index in [-0.39, 0.29) is 0 Å². The van der Waals surface area contributed by atoms with E-state index >= 15 is 0 Å². The Kier molecular flexibility index (Phi) is 6.13. The van der Waals surface area contributed by atoms with Crippen LogP contribution in [-0.2, 0) is 7.05 Å². The van der Waals surface area contributed by atoms with Crippen LogP contribution in [0.25, 0.3) is 32.9 Å². The quantitative estimate of drug-likeness (QED) is 0.336. The molecular formula is C24H21BrN4O2. The molecule has 0 N–H and O–H groups in total. The number of aryl methyl sites for hydroxylation is 1. The summed E-state index contributed by atoms with van der Waals surface area (Å²) >= 11 is 3.48. The lowest BCUT2D eigenvalue weighted by atomic mass is 10.0. The number of fused-ring (bicyclic) bond motifs is 2. The number of nitrogens with zero attached hydrogens (tertiary/aromatic N) is 4. The standard InChI is InChI=1S/C14H13N3O.C10H8BrNO/c1-17-9-10(8-16-17)14-11-4-3-7-15-12(11)5-6-13(14)18-2;1-13-9-5-4-8-7(10(9)11)3-2-6-12-8/h3-9H,1-2H3;2-6H,1H3. The van der Waals surface area contributed by atoms with E-state index in [1.54, 1.807) is 31.3 Å². The molecule has 0 radical (unpaired) electrons. The van der Waals surface area contributed by atoms with Crippen molar-refractivity contribution in [1.82, 2.24) is 19.7 Å². The molecular weight excluding hydrogens is 456 g/mol. The second-order valence-corrected chi connectivity index (χ2v) is 7.56. The third-order valence-corrected chi connectivity index (χ3v) is 5.68. The van der Waals surface area contributed by atoms with Gasteiger partial charge in [-0.25, -0.2) is 0 Å². The van der Waals surface area contributed by atoms with E-state index in [4.69, 9.17) is 9.47 Å². The van der Waals surface area contributed by atoms with E-state index < -0.39 is 0 Å². The van der Waals surface area contributed by atoms with Gasteiger partial charge in [0.25, 0.3) is 0 Å². The van der Waals surface area contributed by atoms with Crippen molar-refractivity contribution < 1.29 is 9.47 Å². The maximum Gasteiger partial charge on any atom is 0.133 e. The van der Waals surface area contributed by atoms with E-state index in [1.165, 1.54) is 0 Å². The first kappa shape index (κ1) is 20.8. The summed E-state index contributed by atoms with van der Waals surface area (Å²) < 4.78 is 13.4. The van der Waals surface area contributed by atoms with Gasteiger partial charge in [-0.15, -0.1) is 0 Å². The minimum absolute atomic E-state index is 0.834. The summed E-state index contributed by atoms with van der Waals surface area (Å²) in [5.41, 5.74) is 4.00. The second-order valence-electron chi connectivity index (χ2n) is 6.77. The molecule has 156 valence electrons. The molecule has 0 saturated heterocycles. The van der Waals surface area contributed by atoms with Crippen molar-refractivity contribution in [3.05, 3.63) is 77.8 Å². The topological polar surface area (TPSA) is 62.1 Å². The van der Waals surface area contributed by atoms with Crippen LogP contribution in [0.1, 0.15) is 0 Å². The van der Waals surface area contributed by atoms with Gasteiger partial charge in [0, 0.05) is 47.5 Å². The fourth-order valence-electron chi connectivity index (χ4n) is 3.40. The van der Waals surface area contributed by atoms with Gasteiger partial charge in [0.05, 0.1) is 35.9 Å². The number of rotatable bonds is 3. The molecule has 3 aromatic heterocycles. The number of pyridine rings is 2. The summed E-state index contributed by atoms with van der Waals surface area (Å²) in [4.78, 5) is 8.60. The molecule has 5 rings (SSSR count). The van der Waals surface area contributed by atoms with Crippen LogP contribution in [0, 0.1) is 0 Å². The molecule has 2 aromatic carbocycles. The number of hydrogen-bond donors (Lipinski definition) is 0. The SMILES string of the molecule is COc1ccc2ncccc2c1-c1cnn(C)c1.COc1ccc2ncccc2c1Br. The lowest BCUT2D eigenvalue weighted by Gasteiger charge is -2.09. The Morgan fingerprint density at radius 2 is 1.42 bits per heavy atom. The van der Waals surface area contributed by atoms with Gasteiger partial charge in [-0.1, -0.05) is 12.1 Å². The van der Waals surface area contributed by atoms with Crippen LogP contribution >= 0.6 is 15.9 Å². The third-order valence-electron chi connectivity index (χ3n) is 4.86. The molecule has 0 amide bonds. The zero-order chi connectivity index (χ0) is 21.8. The summed E-state index contributed by atoms with van der Waals surface area (Å²) in [7, 11) is 5.24. The van der Waals surface area contributed by atoms with Crippen LogP contribution in [0.15, 0.2) is 77.8 Å². The Bertz CT molecular complexity index is 1350. The first-order chi connectivity index (χ1) is 15.1. The highest BCUT2D eigenvalue weighted by molar-refractivity contribution is 9.10. The second kappa shape index (κ2) is 9.14. The molecule has 0 aliphatic carbocycles. The Morgan fingerprint density at radius 1 is 0.806 bits per heavy atom. The molecule has 0 aliphatic heterocycles. The van der Waals surface area contributed by atoms with Crippen LogP contribution in [0.3, 0.4) is 0 Å². The van der Waals surface area contributed by atoms with Crippen molar-refractivity contribution in [3.63, 3.8) is 0 Å². The fraction of sp³-hybridized carbons (Fsp3) is 0.125. The summed E-state index contributed by atoms with van der Waals surface area (Å²) in [5, 5.41) is 6.36. The molecule has 0 atom stereocenters. The maximum atomic E-state index is 5.45. The molecule has 3 heterocycles. The molecule has 0 bridgehead atoms. The average molecular weight is 477 g/mol. The van der Waals surface area contributed by atoms with Crippen LogP contribution in [0.4, 0.5) is 0 Å². The molecule has 31 heavy (non-hydrogen) atoms. The van der Waals surface area contributed by atoms with Crippen molar-refractivity contribution in [1.29, 1.82) is 0 Å². The summed E-state index contributed by atoms with van der Waals surface area (Å²) in [6, 6.07) is 15.7. The van der Waals surface area contributed by atoms with Crippen molar-refractivity contribution in [2.75, 3.05) is 14.2 Å². The van der Waals surface area contributed by atoms with E-state index in [0.717, 1.165) is 48.9 Å². The van der Waals surface area contributed by atoms with Gasteiger partial charge in [-0.05, 0) is 52.3 Å². The normalized spacial score (nSPS) is 10.6. The first-order valence-electron chi connectivity index (χ1n) is 9.60. The van der Waals surface area contributed by atoms with E-state index in [0.29, 0.717) is 0 Å². The number of halogens is 1. The number of methoxy groups -OCH3 is 2. The minimum atomic E-state index is 0.834. The molecule has 6 nitrogen and oxygen atoms in total. The zero-order valence-corrected chi connectivity index (χ0v) is 19.0. The van der Waals surface area contributed by atoms with Gasteiger partial charge in [0.1, 0.15) is 11.5 Å². The van der Waals surface area contributed by atoms with E-state index in [2.05, 4.69) is 31.0 Å². The Labute approximate surface area is 188 Å². The average Bonchev–Trinajstić information content (AvgIpc) is 3.25. The Balaban J connectivity index is 0.000000158. The van der Waals surface area contributed by atoms with E-state index in [9.17, 15) is 0 Å². The van der Waals surface area contributed by atoms with Crippen LogP contribution < -0.4 is 9.47 Å². The van der Waals surface area contributed by atoms with Gasteiger partial charge in [-0.3, -0.25) is 14.6 Å². The van der Waals surface area contributed by atoms with Crippen LogP contribution in [0.2, 0.25) is 0 Å². The molecule has 0 aliphatic rings.